The molecule has 0 saturated heterocycles. The van der Waals surface area contributed by atoms with Gasteiger partial charge in [0, 0.05) is 44.5 Å². The van der Waals surface area contributed by atoms with Gasteiger partial charge in [0.1, 0.15) is 5.76 Å². The molecule has 8 heteroatoms. The van der Waals surface area contributed by atoms with E-state index in [0.29, 0.717) is 37.8 Å². The van der Waals surface area contributed by atoms with Crippen molar-refractivity contribution in [1.29, 1.82) is 0 Å². The maximum absolute atomic E-state index is 12.6. The Morgan fingerprint density at radius 1 is 1.27 bits per heavy atom. The zero-order chi connectivity index (χ0) is 18.2. The monoisotopic (exact) mass is 356 g/mol. The van der Waals surface area contributed by atoms with Crippen LogP contribution in [0.4, 0.5) is 0 Å². The lowest BCUT2D eigenvalue weighted by Crippen LogP contribution is -2.33. The molecule has 0 spiro atoms. The minimum atomic E-state index is -0.0258. The Labute approximate surface area is 150 Å². The first kappa shape index (κ1) is 17.8. The van der Waals surface area contributed by atoms with Crippen LogP contribution < -0.4 is 0 Å². The second-order valence-electron chi connectivity index (χ2n) is 5.64. The first-order valence-corrected chi connectivity index (χ1v) is 8.28. The van der Waals surface area contributed by atoms with Gasteiger partial charge in [-0.15, -0.1) is 0 Å². The molecule has 0 N–H and O–H groups in total. The number of carbonyl (C=O) groups is 1. The molecule has 0 unspecified atom stereocenters. The highest BCUT2D eigenvalue weighted by atomic mass is 16.5. The quantitative estimate of drug-likeness (QED) is 0.581. The number of methoxy groups -OCH3 is 1. The van der Waals surface area contributed by atoms with Crippen LogP contribution >= 0.6 is 0 Å². The van der Waals surface area contributed by atoms with E-state index >= 15 is 0 Å². The van der Waals surface area contributed by atoms with E-state index in [1.165, 1.54) is 0 Å². The lowest BCUT2D eigenvalue weighted by atomic mass is 10.2. The standard InChI is InChI=1S/C18H20N4O4/c1-24-12-10-22(13-15-3-2-11-25-15)17(23)5-4-16-20-18(21-26-16)14-6-8-19-9-7-14/h2-3,6-9,11H,4-5,10,12-13H2,1H3. The summed E-state index contributed by atoms with van der Waals surface area (Å²) in [6.07, 6.45) is 5.56. The van der Waals surface area contributed by atoms with Crippen molar-refractivity contribution in [2.24, 2.45) is 0 Å². The van der Waals surface area contributed by atoms with E-state index in [1.807, 2.05) is 6.07 Å². The van der Waals surface area contributed by atoms with E-state index in [-0.39, 0.29) is 12.3 Å². The fourth-order valence-electron chi connectivity index (χ4n) is 2.43. The van der Waals surface area contributed by atoms with Crippen LogP contribution in [0.15, 0.2) is 51.9 Å². The van der Waals surface area contributed by atoms with Gasteiger partial charge in [-0.1, -0.05) is 5.16 Å². The predicted octanol–water partition coefficient (Wildman–Crippen LogP) is 2.33. The summed E-state index contributed by atoms with van der Waals surface area (Å²) in [6.45, 7) is 1.35. The second kappa shape index (κ2) is 8.91. The third-order valence-corrected chi connectivity index (χ3v) is 3.80. The summed E-state index contributed by atoms with van der Waals surface area (Å²) in [7, 11) is 1.61. The molecule has 0 aliphatic heterocycles. The second-order valence-corrected chi connectivity index (χ2v) is 5.64. The van der Waals surface area contributed by atoms with E-state index in [9.17, 15) is 4.79 Å². The molecule has 3 aromatic rings. The molecule has 0 aliphatic carbocycles. The molecule has 0 aromatic carbocycles. The van der Waals surface area contributed by atoms with Crippen LogP contribution in [0.2, 0.25) is 0 Å². The number of rotatable bonds is 9. The van der Waals surface area contributed by atoms with Crippen molar-refractivity contribution < 1.29 is 18.5 Å². The summed E-state index contributed by atoms with van der Waals surface area (Å²) >= 11 is 0. The van der Waals surface area contributed by atoms with Crippen LogP contribution in [0.25, 0.3) is 11.4 Å². The lowest BCUT2D eigenvalue weighted by molar-refractivity contribution is -0.132. The molecule has 1 amide bonds. The van der Waals surface area contributed by atoms with E-state index < -0.39 is 0 Å². The van der Waals surface area contributed by atoms with Crippen LogP contribution in [0, 0.1) is 0 Å². The zero-order valence-corrected chi connectivity index (χ0v) is 14.5. The molecule has 0 radical (unpaired) electrons. The molecule has 3 aromatic heterocycles. The molecule has 0 atom stereocenters. The van der Waals surface area contributed by atoms with Crippen LogP contribution in [0.1, 0.15) is 18.1 Å². The normalized spacial score (nSPS) is 10.8. The average Bonchev–Trinajstić information content (AvgIpc) is 3.36. The maximum atomic E-state index is 12.6. The molecule has 3 heterocycles. The summed E-state index contributed by atoms with van der Waals surface area (Å²) < 4.78 is 15.7. The summed E-state index contributed by atoms with van der Waals surface area (Å²) in [5.41, 5.74) is 0.820. The average molecular weight is 356 g/mol. The Hall–Kier alpha value is -3.00. The van der Waals surface area contributed by atoms with Gasteiger partial charge in [0.2, 0.25) is 17.6 Å². The Kier molecular flexibility index (Phi) is 6.10. The Bertz CT molecular complexity index is 802. The number of aryl methyl sites for hydroxylation is 1. The van der Waals surface area contributed by atoms with E-state index in [0.717, 1.165) is 11.3 Å². The smallest absolute Gasteiger partial charge is 0.227 e. The zero-order valence-electron chi connectivity index (χ0n) is 14.5. The maximum Gasteiger partial charge on any atom is 0.227 e. The number of hydrogen-bond donors (Lipinski definition) is 0. The van der Waals surface area contributed by atoms with Crippen molar-refractivity contribution in [3.8, 4) is 11.4 Å². The number of furan rings is 1. The summed E-state index contributed by atoms with van der Waals surface area (Å²) in [4.78, 5) is 22.5. The first-order valence-electron chi connectivity index (χ1n) is 8.28. The largest absolute Gasteiger partial charge is 0.467 e. The van der Waals surface area contributed by atoms with Gasteiger partial charge >= 0.3 is 0 Å². The van der Waals surface area contributed by atoms with Gasteiger partial charge in [0.15, 0.2) is 0 Å². The molecule has 0 aliphatic rings. The van der Waals surface area contributed by atoms with Crippen LogP contribution in [0.3, 0.4) is 0 Å². The van der Waals surface area contributed by atoms with E-state index in [4.69, 9.17) is 13.7 Å². The summed E-state index contributed by atoms with van der Waals surface area (Å²) in [5, 5.41) is 3.95. The van der Waals surface area contributed by atoms with Gasteiger partial charge in [0.25, 0.3) is 0 Å². The molecule has 0 saturated carbocycles. The summed E-state index contributed by atoms with van der Waals surface area (Å²) in [6, 6.07) is 7.24. The fraction of sp³-hybridized carbons (Fsp3) is 0.333. The Morgan fingerprint density at radius 2 is 2.12 bits per heavy atom. The number of nitrogens with zero attached hydrogens (tertiary/aromatic N) is 4. The van der Waals surface area contributed by atoms with Crippen molar-refractivity contribution in [1.82, 2.24) is 20.0 Å². The summed E-state index contributed by atoms with van der Waals surface area (Å²) in [5.74, 6) is 1.62. The topological polar surface area (TPSA) is 94.5 Å². The van der Waals surface area contributed by atoms with Crippen LogP contribution in [0.5, 0.6) is 0 Å². The van der Waals surface area contributed by atoms with Crippen LogP contribution in [-0.2, 0) is 22.5 Å². The third-order valence-electron chi connectivity index (χ3n) is 3.80. The van der Waals surface area contributed by atoms with E-state index in [1.54, 1.807) is 48.9 Å². The first-order chi connectivity index (χ1) is 12.8. The highest BCUT2D eigenvalue weighted by Gasteiger charge is 2.17. The van der Waals surface area contributed by atoms with E-state index in [2.05, 4.69) is 15.1 Å². The van der Waals surface area contributed by atoms with Gasteiger partial charge in [-0.2, -0.15) is 4.98 Å². The molecule has 0 fully saturated rings. The van der Waals surface area contributed by atoms with Gasteiger partial charge in [-0.25, -0.2) is 0 Å². The van der Waals surface area contributed by atoms with Gasteiger partial charge in [-0.3, -0.25) is 9.78 Å². The van der Waals surface area contributed by atoms with Gasteiger partial charge in [0.05, 0.1) is 19.4 Å². The number of amides is 1. The number of aromatic nitrogens is 3. The SMILES string of the molecule is COCCN(Cc1ccco1)C(=O)CCc1nc(-c2ccncc2)no1. The minimum absolute atomic E-state index is 0.0258. The molecule has 8 nitrogen and oxygen atoms in total. The molecule has 3 rings (SSSR count). The Balaban J connectivity index is 1.58. The van der Waals surface area contributed by atoms with Gasteiger partial charge in [-0.05, 0) is 24.3 Å². The molecule has 136 valence electrons. The van der Waals surface area contributed by atoms with Crippen LogP contribution in [-0.4, -0.2) is 46.2 Å². The van der Waals surface area contributed by atoms with Crippen molar-refractivity contribution in [2.45, 2.75) is 19.4 Å². The highest BCUT2D eigenvalue weighted by Crippen LogP contribution is 2.15. The number of carbonyl (C=O) groups excluding carboxylic acids is 1. The number of hydrogen-bond acceptors (Lipinski definition) is 7. The Morgan fingerprint density at radius 3 is 2.85 bits per heavy atom. The van der Waals surface area contributed by atoms with Crippen molar-refractivity contribution in [3.05, 3.63) is 54.6 Å². The van der Waals surface area contributed by atoms with Crippen molar-refractivity contribution in [3.63, 3.8) is 0 Å². The highest BCUT2D eigenvalue weighted by molar-refractivity contribution is 5.76. The van der Waals surface area contributed by atoms with Crippen molar-refractivity contribution in [2.75, 3.05) is 20.3 Å². The lowest BCUT2D eigenvalue weighted by Gasteiger charge is -2.21. The number of pyridine rings is 1. The van der Waals surface area contributed by atoms with Gasteiger partial charge < -0.3 is 18.6 Å². The predicted molar refractivity (Wildman–Crippen MR) is 91.9 cm³/mol. The molecular weight excluding hydrogens is 336 g/mol. The minimum Gasteiger partial charge on any atom is -0.467 e. The van der Waals surface area contributed by atoms with Crippen molar-refractivity contribution >= 4 is 5.91 Å². The molecule has 26 heavy (non-hydrogen) atoms. The molecular formula is C18H20N4O4. The third kappa shape index (κ3) is 4.76. The fourth-order valence-corrected chi connectivity index (χ4v) is 2.43. The molecule has 0 bridgehead atoms. The number of ether oxygens (including phenoxy) is 1.